The molecule has 1 fully saturated rings. The highest BCUT2D eigenvalue weighted by molar-refractivity contribution is 7.89. The summed E-state index contributed by atoms with van der Waals surface area (Å²) >= 11 is 6.13. The summed E-state index contributed by atoms with van der Waals surface area (Å²) in [7, 11) is -3.67. The van der Waals surface area contributed by atoms with Crippen molar-refractivity contribution in [3.8, 4) is 5.75 Å². The number of hydrogen-bond acceptors (Lipinski definition) is 5. The van der Waals surface area contributed by atoms with Crippen LogP contribution >= 0.6 is 11.6 Å². The van der Waals surface area contributed by atoms with Crippen LogP contribution in [0, 0.1) is 5.92 Å². The van der Waals surface area contributed by atoms with Gasteiger partial charge in [0.25, 0.3) is 0 Å². The number of piperidine rings is 1. The van der Waals surface area contributed by atoms with Crippen molar-refractivity contribution in [3.63, 3.8) is 0 Å². The highest BCUT2D eigenvalue weighted by Crippen LogP contribution is 2.28. The third-order valence-corrected chi connectivity index (χ3v) is 8.27. The van der Waals surface area contributed by atoms with Crippen LogP contribution in [0.15, 0.2) is 77.7 Å². The minimum Gasteiger partial charge on any atom is -0.494 e. The number of ketones is 1. The Kier molecular flexibility index (Phi) is 8.08. The van der Waals surface area contributed by atoms with Gasteiger partial charge >= 0.3 is 0 Å². The number of rotatable bonds is 8. The topological polar surface area (TPSA) is 92.8 Å². The van der Waals surface area contributed by atoms with Gasteiger partial charge in [-0.3, -0.25) is 9.59 Å². The van der Waals surface area contributed by atoms with Crippen LogP contribution in [0.3, 0.4) is 0 Å². The summed E-state index contributed by atoms with van der Waals surface area (Å²) in [6.07, 6.45) is 0.745. The summed E-state index contributed by atoms with van der Waals surface area (Å²) in [4.78, 5) is 26.3. The number of carbonyl (C=O) groups is 2. The highest BCUT2D eigenvalue weighted by Gasteiger charge is 2.32. The van der Waals surface area contributed by atoms with Crippen molar-refractivity contribution in [1.82, 2.24) is 4.31 Å². The maximum atomic E-state index is 13.1. The molecule has 1 aliphatic rings. The van der Waals surface area contributed by atoms with E-state index < -0.39 is 10.0 Å². The first-order valence-electron chi connectivity index (χ1n) is 11.7. The Balaban J connectivity index is 1.42. The van der Waals surface area contributed by atoms with Gasteiger partial charge in [-0.2, -0.15) is 4.31 Å². The van der Waals surface area contributed by atoms with Gasteiger partial charge < -0.3 is 10.1 Å². The molecule has 7 nitrogen and oxygen atoms in total. The zero-order valence-corrected chi connectivity index (χ0v) is 21.4. The lowest BCUT2D eigenvalue weighted by molar-refractivity contribution is -0.120. The van der Waals surface area contributed by atoms with Gasteiger partial charge in [-0.15, -0.1) is 0 Å². The van der Waals surface area contributed by atoms with Crippen LogP contribution < -0.4 is 10.1 Å². The Morgan fingerprint density at radius 1 is 1.00 bits per heavy atom. The molecule has 0 unspecified atom stereocenters. The second-order valence-corrected chi connectivity index (χ2v) is 10.8. The number of ether oxygens (including phenoxy) is 1. The molecule has 3 aromatic rings. The molecule has 1 aliphatic heterocycles. The fraction of sp³-hybridized carbons (Fsp3) is 0.259. The molecular weight excluding hydrogens is 500 g/mol. The number of hydrogen-bond donors (Lipinski definition) is 1. The molecule has 0 spiro atoms. The molecule has 1 saturated heterocycles. The Morgan fingerprint density at radius 2 is 1.67 bits per heavy atom. The zero-order valence-electron chi connectivity index (χ0n) is 19.8. The standard InChI is InChI=1S/C27H27ClN2O5S/c1-2-35-22-9-11-23(12-10-22)36(33,34)30-16-14-20(15-17-30)27(32)29-25-13-8-21(28)18-24(25)26(31)19-6-4-3-5-7-19/h3-13,18,20H,2,14-17H2,1H3,(H,29,32). The number of amides is 1. The van der Waals surface area contributed by atoms with E-state index in [-0.39, 0.29) is 35.6 Å². The Labute approximate surface area is 216 Å². The van der Waals surface area contributed by atoms with Gasteiger partial charge in [-0.25, -0.2) is 8.42 Å². The summed E-state index contributed by atoms with van der Waals surface area (Å²) in [6, 6.07) is 19.9. The van der Waals surface area contributed by atoms with Gasteiger partial charge in [-0.1, -0.05) is 41.9 Å². The number of sulfonamides is 1. The van der Waals surface area contributed by atoms with Crippen LogP contribution in [-0.4, -0.2) is 44.1 Å². The largest absolute Gasteiger partial charge is 0.494 e. The number of halogens is 1. The van der Waals surface area contributed by atoms with Gasteiger partial charge in [0, 0.05) is 35.2 Å². The van der Waals surface area contributed by atoms with Crippen molar-refractivity contribution in [2.45, 2.75) is 24.7 Å². The number of carbonyl (C=O) groups excluding carboxylic acids is 2. The Hall–Kier alpha value is -3.20. The lowest BCUT2D eigenvalue weighted by Gasteiger charge is -2.30. The van der Waals surface area contributed by atoms with Gasteiger partial charge in [0.2, 0.25) is 15.9 Å². The fourth-order valence-corrected chi connectivity index (χ4v) is 5.82. The monoisotopic (exact) mass is 526 g/mol. The molecule has 0 saturated carbocycles. The highest BCUT2D eigenvalue weighted by atomic mass is 35.5. The van der Waals surface area contributed by atoms with E-state index in [2.05, 4.69) is 5.32 Å². The van der Waals surface area contributed by atoms with E-state index in [4.69, 9.17) is 16.3 Å². The molecule has 1 heterocycles. The third-order valence-electron chi connectivity index (χ3n) is 6.12. The molecule has 0 aromatic heterocycles. The van der Waals surface area contributed by atoms with E-state index in [1.54, 1.807) is 54.6 Å². The normalized spacial score (nSPS) is 14.8. The van der Waals surface area contributed by atoms with E-state index in [0.717, 1.165) is 0 Å². The Bertz CT molecular complexity index is 1340. The predicted molar refractivity (Wildman–Crippen MR) is 139 cm³/mol. The van der Waals surface area contributed by atoms with Gasteiger partial charge in [0.1, 0.15) is 5.75 Å². The lowest BCUT2D eigenvalue weighted by atomic mass is 9.96. The molecule has 0 atom stereocenters. The van der Waals surface area contributed by atoms with Crippen molar-refractivity contribution < 1.29 is 22.7 Å². The molecule has 36 heavy (non-hydrogen) atoms. The minimum atomic E-state index is -3.67. The van der Waals surface area contributed by atoms with Gasteiger partial charge in [0.05, 0.1) is 17.2 Å². The fourth-order valence-electron chi connectivity index (χ4n) is 4.18. The van der Waals surface area contributed by atoms with E-state index in [1.165, 1.54) is 16.4 Å². The quantitative estimate of drug-likeness (QED) is 0.416. The molecule has 4 rings (SSSR count). The van der Waals surface area contributed by atoms with Crippen molar-refractivity contribution >= 4 is 39.0 Å². The number of nitrogens with zero attached hydrogens (tertiary/aromatic N) is 1. The molecule has 9 heteroatoms. The summed E-state index contributed by atoms with van der Waals surface area (Å²) in [5.41, 5.74) is 1.17. The third kappa shape index (κ3) is 5.78. The summed E-state index contributed by atoms with van der Waals surface area (Å²) in [5, 5.41) is 3.25. The van der Waals surface area contributed by atoms with E-state index >= 15 is 0 Å². The second kappa shape index (κ2) is 11.2. The molecule has 1 N–H and O–H groups in total. The second-order valence-electron chi connectivity index (χ2n) is 8.46. The van der Waals surface area contributed by atoms with Crippen molar-refractivity contribution in [3.05, 3.63) is 88.9 Å². The Morgan fingerprint density at radius 3 is 2.31 bits per heavy atom. The number of benzene rings is 3. The SMILES string of the molecule is CCOc1ccc(S(=O)(=O)N2CCC(C(=O)Nc3ccc(Cl)cc3C(=O)c3ccccc3)CC2)cc1. The maximum Gasteiger partial charge on any atom is 0.243 e. The molecule has 0 bridgehead atoms. The van der Waals surface area contributed by atoms with Crippen LogP contribution in [0.5, 0.6) is 5.75 Å². The average molecular weight is 527 g/mol. The van der Waals surface area contributed by atoms with E-state index in [1.807, 2.05) is 13.0 Å². The van der Waals surface area contributed by atoms with Crippen molar-refractivity contribution in [1.29, 1.82) is 0 Å². The summed E-state index contributed by atoms with van der Waals surface area (Å²) in [5.74, 6) is -0.270. The maximum absolute atomic E-state index is 13.1. The van der Waals surface area contributed by atoms with Crippen molar-refractivity contribution in [2.24, 2.45) is 5.92 Å². The molecule has 3 aromatic carbocycles. The molecule has 0 radical (unpaired) electrons. The van der Waals surface area contributed by atoms with Crippen molar-refractivity contribution in [2.75, 3.05) is 25.0 Å². The number of nitrogens with one attached hydrogen (secondary N) is 1. The molecular formula is C27H27ClN2O5S. The summed E-state index contributed by atoms with van der Waals surface area (Å²) < 4.78 is 32.9. The van der Waals surface area contributed by atoms with Gasteiger partial charge in [0.15, 0.2) is 5.78 Å². The average Bonchev–Trinajstić information content (AvgIpc) is 2.90. The molecule has 0 aliphatic carbocycles. The van der Waals surface area contributed by atoms with Gasteiger partial charge in [-0.05, 0) is 62.2 Å². The molecule has 1 amide bonds. The minimum absolute atomic E-state index is 0.194. The first-order chi connectivity index (χ1) is 17.3. The predicted octanol–water partition coefficient (Wildman–Crippen LogP) is 5.01. The number of anilines is 1. The van der Waals surface area contributed by atoms with E-state index in [0.29, 0.717) is 47.0 Å². The van der Waals surface area contributed by atoms with Crippen LogP contribution in [0.1, 0.15) is 35.7 Å². The smallest absolute Gasteiger partial charge is 0.243 e. The first-order valence-corrected chi connectivity index (χ1v) is 13.5. The van der Waals surface area contributed by atoms with Crippen LogP contribution in [0.4, 0.5) is 5.69 Å². The van der Waals surface area contributed by atoms with Crippen LogP contribution in [0.25, 0.3) is 0 Å². The molecule has 188 valence electrons. The first kappa shape index (κ1) is 25.9. The van der Waals surface area contributed by atoms with E-state index in [9.17, 15) is 18.0 Å². The van der Waals surface area contributed by atoms with Crippen LogP contribution in [0.2, 0.25) is 5.02 Å². The summed E-state index contributed by atoms with van der Waals surface area (Å²) in [6.45, 7) is 2.81. The zero-order chi connectivity index (χ0) is 25.7. The lowest BCUT2D eigenvalue weighted by Crippen LogP contribution is -2.41. The van der Waals surface area contributed by atoms with Crippen LogP contribution in [-0.2, 0) is 14.8 Å².